The van der Waals surface area contributed by atoms with E-state index in [1.54, 1.807) is 22.5 Å². The number of nitrogens with one attached hydrogen (secondary N) is 1. The minimum absolute atomic E-state index is 0.0843. The first-order chi connectivity index (χ1) is 15.3. The summed E-state index contributed by atoms with van der Waals surface area (Å²) in [6, 6.07) is 11.9. The van der Waals surface area contributed by atoms with Crippen LogP contribution in [0.25, 0.3) is 6.08 Å². The number of carbonyl (C=O) groups is 1. The maximum absolute atomic E-state index is 13.0. The van der Waals surface area contributed by atoms with E-state index in [1.165, 1.54) is 11.8 Å². The van der Waals surface area contributed by atoms with Gasteiger partial charge < -0.3 is 5.32 Å². The van der Waals surface area contributed by atoms with Gasteiger partial charge in [0.15, 0.2) is 0 Å². The Morgan fingerprint density at radius 3 is 2.53 bits per heavy atom. The molecule has 2 aromatic rings. The Labute approximate surface area is 197 Å². The van der Waals surface area contributed by atoms with Crippen LogP contribution in [0.1, 0.15) is 43.0 Å². The molecule has 0 unspecified atom stereocenters. The minimum atomic E-state index is -0.340. The number of anilines is 1. The van der Waals surface area contributed by atoms with E-state index in [1.807, 2.05) is 57.2 Å². The SMILES string of the molecule is CCn1c(NCc2ccccc2)c(/C=C2/SC(=S)N(CC(C)C)C2=O)c(C)c(C#N)c1=O. The molecule has 0 saturated carbocycles. The Bertz CT molecular complexity index is 1180. The molecule has 0 aliphatic carbocycles. The number of rotatable bonds is 7. The number of aromatic nitrogens is 1. The Morgan fingerprint density at radius 2 is 1.94 bits per heavy atom. The predicted octanol–water partition coefficient (Wildman–Crippen LogP) is 4.52. The van der Waals surface area contributed by atoms with Gasteiger partial charge in [0, 0.05) is 25.2 Å². The molecule has 0 spiro atoms. The lowest BCUT2D eigenvalue weighted by Gasteiger charge is -2.19. The molecule has 2 heterocycles. The van der Waals surface area contributed by atoms with Crippen LogP contribution in [-0.2, 0) is 17.9 Å². The maximum atomic E-state index is 13.0. The number of amides is 1. The Kier molecular flexibility index (Phi) is 7.54. The molecule has 1 fully saturated rings. The summed E-state index contributed by atoms with van der Waals surface area (Å²) in [5.74, 6) is 0.732. The van der Waals surface area contributed by atoms with Gasteiger partial charge in [-0.3, -0.25) is 19.1 Å². The van der Waals surface area contributed by atoms with Crippen LogP contribution in [0.15, 0.2) is 40.0 Å². The Hall–Kier alpha value is -2.89. The molecule has 1 aliphatic rings. The average Bonchev–Trinajstić information content (AvgIpc) is 3.02. The number of thioether (sulfide) groups is 1. The van der Waals surface area contributed by atoms with Gasteiger partial charge in [-0.1, -0.05) is 68.2 Å². The van der Waals surface area contributed by atoms with Gasteiger partial charge in [-0.2, -0.15) is 5.26 Å². The first-order valence-corrected chi connectivity index (χ1v) is 11.7. The van der Waals surface area contributed by atoms with Crippen molar-refractivity contribution in [2.75, 3.05) is 11.9 Å². The van der Waals surface area contributed by atoms with E-state index in [0.29, 0.717) is 45.8 Å². The largest absolute Gasteiger partial charge is 0.367 e. The molecule has 0 radical (unpaired) electrons. The van der Waals surface area contributed by atoms with Crippen LogP contribution >= 0.6 is 24.0 Å². The molecule has 3 rings (SSSR count). The number of hydrogen-bond donors (Lipinski definition) is 1. The summed E-state index contributed by atoms with van der Waals surface area (Å²) in [6.45, 7) is 9.12. The summed E-state index contributed by atoms with van der Waals surface area (Å²) >= 11 is 6.68. The second-order valence-corrected chi connectivity index (χ2v) is 9.62. The number of benzene rings is 1. The highest BCUT2D eigenvalue weighted by Crippen LogP contribution is 2.35. The summed E-state index contributed by atoms with van der Waals surface area (Å²) in [4.78, 5) is 28.1. The van der Waals surface area contributed by atoms with Crippen LogP contribution in [0.2, 0.25) is 0 Å². The van der Waals surface area contributed by atoms with E-state index in [9.17, 15) is 14.9 Å². The number of hydrogen-bond acceptors (Lipinski definition) is 6. The third-order valence-electron chi connectivity index (χ3n) is 5.19. The van der Waals surface area contributed by atoms with Crippen molar-refractivity contribution >= 4 is 46.1 Å². The quantitative estimate of drug-likeness (QED) is 0.478. The summed E-state index contributed by atoms with van der Waals surface area (Å²) in [5, 5.41) is 13.0. The van der Waals surface area contributed by atoms with Crippen molar-refractivity contribution in [3.8, 4) is 6.07 Å². The highest BCUT2D eigenvalue weighted by Gasteiger charge is 2.33. The number of pyridine rings is 1. The Balaban J connectivity index is 2.12. The normalized spacial score (nSPS) is 15.0. The van der Waals surface area contributed by atoms with Gasteiger partial charge in [-0.25, -0.2) is 0 Å². The first-order valence-electron chi connectivity index (χ1n) is 10.5. The summed E-state index contributed by atoms with van der Waals surface area (Å²) in [6.07, 6.45) is 1.76. The van der Waals surface area contributed by atoms with Gasteiger partial charge in [-0.15, -0.1) is 0 Å². The van der Waals surface area contributed by atoms with Crippen molar-refractivity contribution in [2.45, 2.75) is 40.8 Å². The van der Waals surface area contributed by atoms with Crippen LogP contribution in [-0.4, -0.2) is 26.2 Å². The van der Waals surface area contributed by atoms with Crippen molar-refractivity contribution in [2.24, 2.45) is 5.92 Å². The van der Waals surface area contributed by atoms with E-state index < -0.39 is 0 Å². The molecule has 1 aromatic carbocycles. The van der Waals surface area contributed by atoms with Crippen LogP contribution < -0.4 is 10.9 Å². The van der Waals surface area contributed by atoms with E-state index in [0.717, 1.165) is 5.56 Å². The van der Waals surface area contributed by atoms with E-state index >= 15 is 0 Å². The van der Waals surface area contributed by atoms with Gasteiger partial charge in [0.2, 0.25) is 0 Å². The van der Waals surface area contributed by atoms with Crippen LogP contribution in [0.4, 0.5) is 5.82 Å². The molecule has 166 valence electrons. The lowest BCUT2D eigenvalue weighted by atomic mass is 10.0. The summed E-state index contributed by atoms with van der Waals surface area (Å²) < 4.78 is 2.07. The fourth-order valence-corrected chi connectivity index (χ4v) is 4.85. The lowest BCUT2D eigenvalue weighted by molar-refractivity contribution is -0.122. The van der Waals surface area contributed by atoms with Crippen molar-refractivity contribution < 1.29 is 4.79 Å². The maximum Gasteiger partial charge on any atom is 0.270 e. The average molecular weight is 467 g/mol. The van der Waals surface area contributed by atoms with Gasteiger partial charge >= 0.3 is 0 Å². The second-order valence-electron chi connectivity index (χ2n) is 7.95. The van der Waals surface area contributed by atoms with Crippen LogP contribution in [0.5, 0.6) is 0 Å². The molecule has 1 N–H and O–H groups in total. The topological polar surface area (TPSA) is 78.1 Å². The molecular formula is C24H26N4O2S2. The fraction of sp³-hybridized carbons (Fsp3) is 0.333. The highest BCUT2D eigenvalue weighted by molar-refractivity contribution is 8.26. The second kappa shape index (κ2) is 10.2. The van der Waals surface area contributed by atoms with Crippen molar-refractivity contribution in [1.29, 1.82) is 5.26 Å². The molecule has 32 heavy (non-hydrogen) atoms. The number of nitriles is 1. The molecule has 1 aliphatic heterocycles. The van der Waals surface area contributed by atoms with Crippen molar-refractivity contribution in [3.63, 3.8) is 0 Å². The zero-order chi connectivity index (χ0) is 23.4. The standard InChI is InChI=1S/C24H26N4O2S2/c1-5-27-21(26-13-17-9-7-6-8-10-17)18(16(4)19(12-25)22(27)29)11-20-23(30)28(14-15(2)3)24(31)32-20/h6-11,15,26H,5,13-14H2,1-4H3/b20-11+. The number of nitrogens with zero attached hydrogens (tertiary/aromatic N) is 3. The van der Waals surface area contributed by atoms with E-state index in [4.69, 9.17) is 12.2 Å². The highest BCUT2D eigenvalue weighted by atomic mass is 32.2. The van der Waals surface area contributed by atoms with Gasteiger partial charge in [0.25, 0.3) is 11.5 Å². The molecule has 1 aromatic heterocycles. The Morgan fingerprint density at radius 1 is 1.25 bits per heavy atom. The molecule has 6 nitrogen and oxygen atoms in total. The first kappa shape index (κ1) is 23.8. The molecule has 0 atom stereocenters. The van der Waals surface area contributed by atoms with Crippen molar-refractivity contribution in [1.82, 2.24) is 9.47 Å². The molecular weight excluding hydrogens is 440 g/mol. The summed E-state index contributed by atoms with van der Waals surface area (Å²) in [7, 11) is 0. The predicted molar refractivity (Wildman–Crippen MR) is 134 cm³/mol. The molecule has 0 bridgehead atoms. The van der Waals surface area contributed by atoms with Crippen molar-refractivity contribution in [3.05, 3.63) is 67.8 Å². The third-order valence-corrected chi connectivity index (χ3v) is 6.57. The molecule has 8 heteroatoms. The lowest BCUT2D eigenvalue weighted by Crippen LogP contribution is -2.31. The van der Waals surface area contributed by atoms with E-state index in [-0.39, 0.29) is 22.9 Å². The smallest absolute Gasteiger partial charge is 0.270 e. The monoisotopic (exact) mass is 466 g/mol. The zero-order valence-corrected chi connectivity index (χ0v) is 20.3. The summed E-state index contributed by atoms with van der Waals surface area (Å²) in [5.41, 5.74) is 2.00. The minimum Gasteiger partial charge on any atom is -0.367 e. The number of carbonyl (C=O) groups excluding carboxylic acids is 1. The molecule has 1 amide bonds. The van der Waals surface area contributed by atoms with Gasteiger partial charge in [0.1, 0.15) is 21.8 Å². The van der Waals surface area contributed by atoms with Crippen LogP contribution in [0, 0.1) is 24.2 Å². The van der Waals surface area contributed by atoms with Gasteiger partial charge in [0.05, 0.1) is 4.91 Å². The third kappa shape index (κ3) is 4.79. The molecule has 1 saturated heterocycles. The zero-order valence-electron chi connectivity index (χ0n) is 18.6. The van der Waals surface area contributed by atoms with Crippen LogP contribution in [0.3, 0.4) is 0 Å². The fourth-order valence-electron chi connectivity index (χ4n) is 3.59. The van der Waals surface area contributed by atoms with E-state index in [2.05, 4.69) is 5.32 Å². The van der Waals surface area contributed by atoms with Gasteiger partial charge in [-0.05, 0) is 37.0 Å². The number of thiocarbonyl (C=S) groups is 1.